The second kappa shape index (κ2) is 8.42. The molecule has 1 rings (SSSR count). The number of benzene rings is 1. The maximum atomic E-state index is 13.3. The molecule has 0 aromatic heterocycles. The van der Waals surface area contributed by atoms with Crippen LogP contribution < -0.4 is 10.6 Å². The molecule has 0 unspecified atom stereocenters. The molecule has 1 aromatic carbocycles. The number of alkyl halides is 6. The maximum absolute atomic E-state index is 13.3. The summed E-state index contributed by atoms with van der Waals surface area (Å²) in [7, 11) is 0. The summed E-state index contributed by atoms with van der Waals surface area (Å²) in [5, 5.41) is 4.82. The number of carbonyl (C=O) groups excluding carboxylic acids is 1. The van der Waals surface area contributed by atoms with Gasteiger partial charge >= 0.3 is 24.1 Å². The van der Waals surface area contributed by atoms with Crippen LogP contribution in [0.5, 0.6) is 0 Å². The topological polar surface area (TPSA) is 62.7 Å². The van der Waals surface area contributed by atoms with E-state index in [0.717, 1.165) is 5.32 Å². The van der Waals surface area contributed by atoms with Crippen LogP contribution in [0, 0.1) is 5.92 Å². The smallest absolute Gasteiger partial charge is 0.346 e. The number of hydrogen-bond acceptors (Lipinski definition) is 3. The molecule has 0 atom stereocenters. The molecule has 152 valence electrons. The number of oxime groups is 1. The average Bonchev–Trinajstić information content (AvgIpc) is 2.50. The molecule has 0 spiro atoms. The quantitative estimate of drug-likeness (QED) is 0.275. The van der Waals surface area contributed by atoms with Crippen LogP contribution in [-0.4, -0.2) is 29.3 Å². The standard InChI is InChI=1S/C14H13Cl2F6N3O2/c1-7(2)10(16)25-27-12(13(17,18)19,14(20,21)22)24-11(26)23-9-5-3-8(15)4-6-9/h3-7H,1-2H3,(H2,23,24,26). The summed E-state index contributed by atoms with van der Waals surface area (Å²) in [5.74, 6) is -0.714. The molecule has 0 aliphatic carbocycles. The highest BCUT2D eigenvalue weighted by atomic mass is 35.5. The largest absolute Gasteiger partial charge is 0.461 e. The lowest BCUT2D eigenvalue weighted by atomic mass is 10.2. The number of carbonyl (C=O) groups is 1. The summed E-state index contributed by atoms with van der Waals surface area (Å²) in [6, 6.07) is 3.02. The molecule has 0 aliphatic rings. The van der Waals surface area contributed by atoms with Crippen molar-refractivity contribution in [2.24, 2.45) is 11.1 Å². The van der Waals surface area contributed by atoms with Gasteiger partial charge in [-0.15, -0.1) is 0 Å². The van der Waals surface area contributed by atoms with Crippen molar-refractivity contribution in [1.82, 2.24) is 5.32 Å². The second-order valence-electron chi connectivity index (χ2n) is 5.42. The second-order valence-corrected chi connectivity index (χ2v) is 6.25. The van der Waals surface area contributed by atoms with Gasteiger partial charge in [-0.2, -0.15) is 26.3 Å². The Morgan fingerprint density at radius 3 is 1.96 bits per heavy atom. The number of halogens is 8. The molecule has 0 heterocycles. The molecule has 0 aliphatic heterocycles. The Morgan fingerprint density at radius 2 is 1.56 bits per heavy atom. The van der Waals surface area contributed by atoms with E-state index >= 15 is 0 Å². The lowest BCUT2D eigenvalue weighted by Crippen LogP contribution is -2.69. The fourth-order valence-corrected chi connectivity index (χ4v) is 1.66. The van der Waals surface area contributed by atoms with E-state index < -0.39 is 35.2 Å². The highest BCUT2D eigenvalue weighted by Crippen LogP contribution is 2.44. The molecule has 0 saturated carbocycles. The van der Waals surface area contributed by atoms with Crippen molar-refractivity contribution in [2.75, 3.05) is 5.32 Å². The molecular formula is C14H13Cl2F6N3O2. The lowest BCUT2D eigenvalue weighted by Gasteiger charge is -2.34. The van der Waals surface area contributed by atoms with Gasteiger partial charge in [-0.05, 0) is 24.3 Å². The van der Waals surface area contributed by atoms with Crippen LogP contribution in [0.3, 0.4) is 0 Å². The minimum atomic E-state index is -6.11. The zero-order chi connectivity index (χ0) is 21.0. The third kappa shape index (κ3) is 5.80. The fourth-order valence-electron chi connectivity index (χ4n) is 1.50. The van der Waals surface area contributed by atoms with Gasteiger partial charge in [-0.1, -0.05) is 42.2 Å². The zero-order valence-electron chi connectivity index (χ0n) is 13.7. The Morgan fingerprint density at radius 1 is 1.07 bits per heavy atom. The van der Waals surface area contributed by atoms with Crippen LogP contribution in [-0.2, 0) is 4.84 Å². The van der Waals surface area contributed by atoms with Crippen molar-refractivity contribution >= 4 is 40.1 Å². The number of nitrogens with zero attached hydrogens (tertiary/aromatic N) is 1. The summed E-state index contributed by atoms with van der Waals surface area (Å²) in [6.45, 7) is 2.72. The van der Waals surface area contributed by atoms with Crippen LogP contribution in [0.25, 0.3) is 0 Å². The first-order chi connectivity index (χ1) is 12.2. The van der Waals surface area contributed by atoms with E-state index in [1.54, 1.807) is 0 Å². The van der Waals surface area contributed by atoms with Gasteiger partial charge in [0.25, 0.3) is 0 Å². The Balaban J connectivity index is 3.21. The first-order valence-corrected chi connectivity index (χ1v) is 7.85. The molecular weight excluding hydrogens is 427 g/mol. The molecule has 0 bridgehead atoms. The van der Waals surface area contributed by atoms with Crippen LogP contribution in [0.1, 0.15) is 13.8 Å². The van der Waals surface area contributed by atoms with Gasteiger partial charge in [0, 0.05) is 16.6 Å². The van der Waals surface area contributed by atoms with E-state index in [2.05, 4.69) is 9.99 Å². The lowest BCUT2D eigenvalue weighted by molar-refractivity contribution is -0.388. The van der Waals surface area contributed by atoms with E-state index in [-0.39, 0.29) is 10.7 Å². The van der Waals surface area contributed by atoms with Crippen LogP contribution >= 0.6 is 23.2 Å². The number of anilines is 1. The first kappa shape index (κ1) is 23.2. The molecule has 2 amide bonds. The SMILES string of the molecule is CC(C)C(Cl)=NOC(NC(=O)Nc1ccc(Cl)cc1)(C(F)(F)F)C(F)(F)F. The summed E-state index contributed by atoms with van der Waals surface area (Å²) in [6.07, 6.45) is -12.2. The van der Waals surface area contributed by atoms with Crippen LogP contribution in [0.15, 0.2) is 29.4 Å². The number of nitrogens with one attached hydrogen (secondary N) is 2. The highest BCUT2D eigenvalue weighted by molar-refractivity contribution is 6.65. The monoisotopic (exact) mass is 439 g/mol. The Labute approximate surface area is 159 Å². The highest BCUT2D eigenvalue weighted by Gasteiger charge is 2.76. The van der Waals surface area contributed by atoms with Crippen molar-refractivity contribution < 1.29 is 36.0 Å². The van der Waals surface area contributed by atoms with Gasteiger partial charge in [0.1, 0.15) is 5.17 Å². The first-order valence-electron chi connectivity index (χ1n) is 7.09. The van der Waals surface area contributed by atoms with Crippen molar-refractivity contribution in [1.29, 1.82) is 0 Å². The molecule has 5 nitrogen and oxygen atoms in total. The maximum Gasteiger partial charge on any atom is 0.461 e. The third-order valence-corrected chi connectivity index (χ3v) is 3.69. The summed E-state index contributed by atoms with van der Waals surface area (Å²) in [4.78, 5) is 15.5. The Kier molecular flexibility index (Phi) is 7.23. The van der Waals surface area contributed by atoms with E-state index in [9.17, 15) is 31.1 Å². The van der Waals surface area contributed by atoms with Crippen molar-refractivity contribution in [2.45, 2.75) is 31.9 Å². The molecule has 0 saturated heterocycles. The summed E-state index contributed by atoms with van der Waals surface area (Å²) in [5.41, 5.74) is -5.23. The fraction of sp³-hybridized carbons (Fsp3) is 0.429. The Bertz CT molecular complexity index is 676. The van der Waals surface area contributed by atoms with Crippen molar-refractivity contribution in [3.63, 3.8) is 0 Å². The number of rotatable bonds is 5. The molecule has 13 heteroatoms. The molecule has 0 radical (unpaired) electrons. The predicted octanol–water partition coefficient (Wildman–Crippen LogP) is 5.51. The van der Waals surface area contributed by atoms with Crippen LogP contribution in [0.4, 0.5) is 36.8 Å². The van der Waals surface area contributed by atoms with Gasteiger partial charge in [-0.25, -0.2) is 4.79 Å². The van der Waals surface area contributed by atoms with Crippen molar-refractivity contribution in [3.05, 3.63) is 29.3 Å². The van der Waals surface area contributed by atoms with E-state index in [1.165, 1.54) is 38.1 Å². The molecule has 2 N–H and O–H groups in total. The van der Waals surface area contributed by atoms with E-state index in [0.29, 0.717) is 0 Å². The van der Waals surface area contributed by atoms with Crippen LogP contribution in [0.2, 0.25) is 5.02 Å². The minimum absolute atomic E-state index is 0.112. The molecule has 1 aromatic rings. The number of amides is 2. The zero-order valence-corrected chi connectivity index (χ0v) is 15.2. The number of urea groups is 1. The van der Waals surface area contributed by atoms with Gasteiger partial charge in [0.2, 0.25) is 0 Å². The summed E-state index contributed by atoms with van der Waals surface area (Å²) < 4.78 is 79.5. The minimum Gasteiger partial charge on any atom is -0.346 e. The predicted molar refractivity (Wildman–Crippen MR) is 87.7 cm³/mol. The third-order valence-electron chi connectivity index (χ3n) is 2.94. The van der Waals surface area contributed by atoms with E-state index in [4.69, 9.17) is 23.2 Å². The normalized spacial score (nSPS) is 13.5. The van der Waals surface area contributed by atoms with E-state index in [1.807, 2.05) is 5.32 Å². The average molecular weight is 440 g/mol. The van der Waals surface area contributed by atoms with Gasteiger partial charge in [0.15, 0.2) is 0 Å². The van der Waals surface area contributed by atoms with Gasteiger partial charge in [-0.3, -0.25) is 5.32 Å². The summed E-state index contributed by atoms with van der Waals surface area (Å²) >= 11 is 11.1. The molecule has 27 heavy (non-hydrogen) atoms. The van der Waals surface area contributed by atoms with Gasteiger partial charge in [0.05, 0.1) is 0 Å². The Hall–Kier alpha value is -1.88. The van der Waals surface area contributed by atoms with Gasteiger partial charge < -0.3 is 10.2 Å². The molecule has 0 fully saturated rings. The number of hydrogen-bond donors (Lipinski definition) is 2. The van der Waals surface area contributed by atoms with Crippen molar-refractivity contribution in [3.8, 4) is 0 Å².